The predicted octanol–water partition coefficient (Wildman–Crippen LogP) is 3.51. The minimum Gasteiger partial charge on any atom is -0.487 e. The number of hydrogen-bond acceptors (Lipinski definition) is 2. The Bertz CT molecular complexity index is 473. The van der Waals surface area contributed by atoms with E-state index in [0.717, 1.165) is 16.9 Å². The van der Waals surface area contributed by atoms with Crippen molar-refractivity contribution in [2.75, 3.05) is 0 Å². The first-order chi connectivity index (χ1) is 7.74. The van der Waals surface area contributed by atoms with Gasteiger partial charge in [-0.3, -0.25) is 0 Å². The summed E-state index contributed by atoms with van der Waals surface area (Å²) in [6.07, 6.45) is 0.245. The standard InChI is InChI=1S/C15H22O2/c1-8-9(2)11(4)14-13(10(8)3)12(16)7-15(5,6)17-14/h12,16H,7H2,1-6H3. The molecule has 2 heteroatoms. The van der Waals surface area contributed by atoms with Gasteiger partial charge in [-0.15, -0.1) is 0 Å². The molecule has 0 aromatic heterocycles. The monoisotopic (exact) mass is 234 g/mol. The molecule has 0 fully saturated rings. The van der Waals surface area contributed by atoms with Crippen LogP contribution < -0.4 is 4.74 Å². The van der Waals surface area contributed by atoms with Crippen LogP contribution in [0.15, 0.2) is 0 Å². The van der Waals surface area contributed by atoms with Crippen molar-refractivity contribution in [2.45, 2.75) is 59.7 Å². The summed E-state index contributed by atoms with van der Waals surface area (Å²) in [6, 6.07) is 0. The molecule has 0 bridgehead atoms. The van der Waals surface area contributed by atoms with E-state index in [4.69, 9.17) is 4.74 Å². The van der Waals surface area contributed by atoms with Crippen LogP contribution in [0, 0.1) is 27.7 Å². The fourth-order valence-electron chi connectivity index (χ4n) is 2.73. The lowest BCUT2D eigenvalue weighted by molar-refractivity contribution is 0.0104. The third-order valence-corrected chi connectivity index (χ3v) is 4.07. The molecule has 1 aliphatic heterocycles. The van der Waals surface area contributed by atoms with E-state index in [9.17, 15) is 5.11 Å². The van der Waals surface area contributed by atoms with Gasteiger partial charge < -0.3 is 9.84 Å². The highest BCUT2D eigenvalue weighted by atomic mass is 16.5. The van der Waals surface area contributed by atoms with Crippen LogP contribution in [0.2, 0.25) is 0 Å². The first-order valence-electron chi connectivity index (χ1n) is 6.22. The largest absolute Gasteiger partial charge is 0.487 e. The molecule has 1 heterocycles. The lowest BCUT2D eigenvalue weighted by atomic mass is 9.84. The summed E-state index contributed by atoms with van der Waals surface area (Å²) in [5.74, 6) is 0.898. The highest BCUT2D eigenvalue weighted by Crippen LogP contribution is 2.45. The van der Waals surface area contributed by atoms with Gasteiger partial charge in [-0.2, -0.15) is 0 Å². The summed E-state index contributed by atoms with van der Waals surface area (Å²) in [7, 11) is 0. The van der Waals surface area contributed by atoms with E-state index in [1.165, 1.54) is 16.7 Å². The van der Waals surface area contributed by atoms with E-state index in [2.05, 4.69) is 27.7 Å². The highest BCUT2D eigenvalue weighted by Gasteiger charge is 2.35. The fraction of sp³-hybridized carbons (Fsp3) is 0.600. The zero-order valence-electron chi connectivity index (χ0n) is 11.6. The number of aliphatic hydroxyl groups is 1. The molecule has 94 valence electrons. The van der Waals surface area contributed by atoms with E-state index in [0.29, 0.717) is 6.42 Å². The zero-order chi connectivity index (χ0) is 13.0. The molecule has 0 saturated heterocycles. The first-order valence-corrected chi connectivity index (χ1v) is 6.22. The Kier molecular flexibility index (Phi) is 2.74. The van der Waals surface area contributed by atoms with Crippen LogP contribution >= 0.6 is 0 Å². The Morgan fingerprint density at radius 2 is 1.53 bits per heavy atom. The Hall–Kier alpha value is -1.02. The Morgan fingerprint density at radius 3 is 2.12 bits per heavy atom. The van der Waals surface area contributed by atoms with Gasteiger partial charge in [0.2, 0.25) is 0 Å². The average molecular weight is 234 g/mol. The molecule has 2 nitrogen and oxygen atoms in total. The van der Waals surface area contributed by atoms with Crippen LogP contribution in [0.5, 0.6) is 5.75 Å². The molecule has 0 amide bonds. The summed E-state index contributed by atoms with van der Waals surface area (Å²) in [6.45, 7) is 12.5. The second-order valence-electron chi connectivity index (χ2n) is 5.82. The Labute approximate surface area is 104 Å². The predicted molar refractivity (Wildman–Crippen MR) is 69.7 cm³/mol. The van der Waals surface area contributed by atoms with Gasteiger partial charge in [-0.1, -0.05) is 0 Å². The lowest BCUT2D eigenvalue weighted by Crippen LogP contribution is -2.35. The van der Waals surface area contributed by atoms with Gasteiger partial charge in [0.1, 0.15) is 11.4 Å². The number of ether oxygens (including phenoxy) is 1. The second-order valence-corrected chi connectivity index (χ2v) is 5.82. The summed E-state index contributed by atoms with van der Waals surface area (Å²) in [5, 5.41) is 10.3. The normalized spacial score (nSPS) is 21.9. The van der Waals surface area contributed by atoms with Gasteiger partial charge in [0.15, 0.2) is 0 Å². The summed E-state index contributed by atoms with van der Waals surface area (Å²) >= 11 is 0. The molecule has 17 heavy (non-hydrogen) atoms. The molecule has 1 aromatic rings. The van der Waals surface area contributed by atoms with Crippen molar-refractivity contribution in [3.05, 3.63) is 27.8 Å². The summed E-state index contributed by atoms with van der Waals surface area (Å²) < 4.78 is 6.08. The number of hydrogen-bond donors (Lipinski definition) is 1. The molecule has 1 unspecified atom stereocenters. The first kappa shape index (κ1) is 12.4. The molecule has 0 spiro atoms. The van der Waals surface area contributed by atoms with Crippen LogP contribution in [0.3, 0.4) is 0 Å². The Morgan fingerprint density at radius 1 is 1.00 bits per heavy atom. The fourth-order valence-corrected chi connectivity index (χ4v) is 2.73. The van der Waals surface area contributed by atoms with Crippen molar-refractivity contribution in [3.8, 4) is 5.75 Å². The van der Waals surface area contributed by atoms with E-state index in [1.807, 2.05) is 13.8 Å². The van der Waals surface area contributed by atoms with E-state index in [1.54, 1.807) is 0 Å². The average Bonchev–Trinajstić information content (AvgIpc) is 2.21. The van der Waals surface area contributed by atoms with Gasteiger partial charge in [-0.05, 0) is 63.8 Å². The number of benzene rings is 1. The third kappa shape index (κ3) is 1.85. The molecule has 1 aliphatic rings. The van der Waals surface area contributed by atoms with E-state index in [-0.39, 0.29) is 5.60 Å². The van der Waals surface area contributed by atoms with Crippen molar-refractivity contribution in [3.63, 3.8) is 0 Å². The minimum atomic E-state index is -0.410. The third-order valence-electron chi connectivity index (χ3n) is 4.07. The van der Waals surface area contributed by atoms with E-state index >= 15 is 0 Å². The Balaban J connectivity index is 2.72. The molecule has 1 atom stereocenters. The maximum atomic E-state index is 10.3. The minimum absolute atomic E-state index is 0.286. The van der Waals surface area contributed by atoms with E-state index < -0.39 is 6.10 Å². The molecule has 1 aromatic carbocycles. The number of aliphatic hydroxyl groups excluding tert-OH is 1. The van der Waals surface area contributed by atoms with Gasteiger partial charge in [-0.25, -0.2) is 0 Å². The second kappa shape index (κ2) is 3.74. The smallest absolute Gasteiger partial charge is 0.129 e. The molecule has 1 N–H and O–H groups in total. The number of fused-ring (bicyclic) bond motifs is 1. The van der Waals surface area contributed by atoms with Crippen molar-refractivity contribution in [1.82, 2.24) is 0 Å². The molecule has 0 saturated carbocycles. The summed E-state index contributed by atoms with van der Waals surface area (Å²) in [5.41, 5.74) is 5.58. The maximum Gasteiger partial charge on any atom is 0.129 e. The molecule has 0 aliphatic carbocycles. The summed E-state index contributed by atoms with van der Waals surface area (Å²) in [4.78, 5) is 0. The SMILES string of the molecule is Cc1c(C)c(C)c2c(c1C)OC(C)(C)CC2O. The van der Waals surface area contributed by atoms with Crippen LogP contribution in [0.1, 0.15) is 54.2 Å². The molecule has 2 rings (SSSR count). The van der Waals surface area contributed by atoms with Crippen molar-refractivity contribution in [2.24, 2.45) is 0 Å². The van der Waals surface area contributed by atoms with Crippen LogP contribution in [0.4, 0.5) is 0 Å². The lowest BCUT2D eigenvalue weighted by Gasteiger charge is -2.38. The van der Waals surface area contributed by atoms with Gasteiger partial charge >= 0.3 is 0 Å². The quantitative estimate of drug-likeness (QED) is 0.744. The molecular formula is C15H22O2. The number of rotatable bonds is 0. The van der Waals surface area contributed by atoms with Crippen molar-refractivity contribution >= 4 is 0 Å². The molecule has 0 radical (unpaired) electrons. The van der Waals surface area contributed by atoms with Crippen LogP contribution in [-0.2, 0) is 0 Å². The highest BCUT2D eigenvalue weighted by molar-refractivity contribution is 5.56. The maximum absolute atomic E-state index is 10.3. The molecular weight excluding hydrogens is 212 g/mol. The van der Waals surface area contributed by atoms with Gasteiger partial charge in [0.05, 0.1) is 6.10 Å². The zero-order valence-corrected chi connectivity index (χ0v) is 11.6. The topological polar surface area (TPSA) is 29.5 Å². The van der Waals surface area contributed by atoms with Gasteiger partial charge in [0.25, 0.3) is 0 Å². The van der Waals surface area contributed by atoms with Crippen molar-refractivity contribution < 1.29 is 9.84 Å². The van der Waals surface area contributed by atoms with Crippen molar-refractivity contribution in [1.29, 1.82) is 0 Å². The van der Waals surface area contributed by atoms with Crippen LogP contribution in [-0.4, -0.2) is 10.7 Å². The van der Waals surface area contributed by atoms with Gasteiger partial charge in [0, 0.05) is 12.0 Å². The van der Waals surface area contributed by atoms with Crippen LogP contribution in [0.25, 0.3) is 0 Å².